The Bertz CT molecular complexity index is 1240. The van der Waals surface area contributed by atoms with Gasteiger partial charge in [-0.1, -0.05) is 0 Å². The van der Waals surface area contributed by atoms with E-state index in [-0.39, 0.29) is 6.61 Å². The first-order valence-corrected chi connectivity index (χ1v) is 10.1. The van der Waals surface area contributed by atoms with Crippen LogP contribution in [0.1, 0.15) is 33.9 Å². The van der Waals surface area contributed by atoms with E-state index in [4.69, 9.17) is 18.9 Å². The Balaban J connectivity index is 1.88. The number of hydrogen-bond donors (Lipinski definition) is 1. The van der Waals surface area contributed by atoms with Crippen molar-refractivity contribution in [1.82, 2.24) is 9.55 Å². The maximum absolute atomic E-state index is 12.1. The molecule has 0 spiro atoms. The van der Waals surface area contributed by atoms with E-state index in [2.05, 4.69) is 15.3 Å². The Morgan fingerprint density at radius 1 is 1.18 bits per heavy atom. The third-order valence-electron chi connectivity index (χ3n) is 5.34. The molecule has 0 aliphatic carbocycles. The van der Waals surface area contributed by atoms with Crippen LogP contribution in [0.2, 0.25) is 0 Å². The molecule has 1 N–H and O–H groups in total. The lowest BCUT2D eigenvalue weighted by molar-refractivity contribution is -0.184. The zero-order valence-corrected chi connectivity index (χ0v) is 18.4. The maximum atomic E-state index is 12.1. The number of aromatic nitrogens is 2. The second kappa shape index (κ2) is 8.28. The summed E-state index contributed by atoms with van der Waals surface area (Å²) in [6.07, 6.45) is 0.00307. The first-order valence-electron chi connectivity index (χ1n) is 10.1. The summed E-state index contributed by atoms with van der Waals surface area (Å²) in [6, 6.07) is 2.91. The molecule has 2 aliphatic heterocycles. The number of carbonyl (C=O) groups excluding carboxylic acids is 3. The summed E-state index contributed by atoms with van der Waals surface area (Å²) in [5, 5.41) is 4.03. The highest BCUT2D eigenvalue weighted by atomic mass is 16.7. The highest BCUT2D eigenvalue weighted by Gasteiger charge is 2.60. The number of carbonyl (C=O) groups is 3. The normalized spacial score (nSPS) is 25.4. The highest BCUT2D eigenvalue weighted by molar-refractivity contribution is 6.06. The van der Waals surface area contributed by atoms with Crippen molar-refractivity contribution in [1.29, 1.82) is 0 Å². The Labute approximate surface area is 187 Å². The fourth-order valence-corrected chi connectivity index (χ4v) is 4.18. The zero-order chi connectivity index (χ0) is 23.9. The molecule has 12 nitrogen and oxygen atoms in total. The largest absolute Gasteiger partial charge is 0.463 e. The fourth-order valence-electron chi connectivity index (χ4n) is 4.18. The molecule has 2 aromatic heterocycles. The van der Waals surface area contributed by atoms with Gasteiger partial charge in [-0.2, -0.15) is 4.98 Å². The summed E-state index contributed by atoms with van der Waals surface area (Å²) in [5.41, 5.74) is -1.94. The van der Waals surface area contributed by atoms with Gasteiger partial charge >= 0.3 is 17.9 Å². The molecule has 12 heteroatoms. The molecule has 4 rings (SSSR count). The summed E-state index contributed by atoms with van der Waals surface area (Å²) >= 11 is 0. The molecule has 0 amide bonds. The first-order chi connectivity index (χ1) is 15.6. The Hall–Kier alpha value is -3.80. The minimum atomic E-state index is -1.51. The van der Waals surface area contributed by atoms with Crippen LogP contribution >= 0.6 is 0 Å². The van der Waals surface area contributed by atoms with Gasteiger partial charge in [0, 0.05) is 38.4 Å². The number of nitrogens with one attached hydrogen (secondary N) is 1. The van der Waals surface area contributed by atoms with E-state index in [0.29, 0.717) is 22.4 Å². The van der Waals surface area contributed by atoms with E-state index < -0.39 is 47.5 Å². The predicted octanol–water partition coefficient (Wildman–Crippen LogP) is 1.20. The number of rotatable bonds is 5. The summed E-state index contributed by atoms with van der Waals surface area (Å²) in [6.45, 7) is 5.01. The molecule has 33 heavy (non-hydrogen) atoms. The average Bonchev–Trinajstić information content (AvgIpc) is 3.14. The van der Waals surface area contributed by atoms with Crippen LogP contribution in [0, 0.1) is 0 Å². The van der Waals surface area contributed by atoms with E-state index in [1.807, 2.05) is 0 Å². The number of ether oxygens (including phenoxy) is 4. The Morgan fingerprint density at radius 2 is 1.94 bits per heavy atom. The van der Waals surface area contributed by atoms with Crippen molar-refractivity contribution in [3.63, 3.8) is 0 Å². The minimum absolute atomic E-state index is 0.233. The lowest BCUT2D eigenvalue weighted by Gasteiger charge is -2.34. The van der Waals surface area contributed by atoms with Crippen molar-refractivity contribution in [3.05, 3.63) is 28.7 Å². The van der Waals surface area contributed by atoms with Crippen molar-refractivity contribution in [2.45, 2.75) is 51.7 Å². The molecular formula is C21H22N4O8. The van der Waals surface area contributed by atoms with E-state index >= 15 is 0 Å². The molecule has 0 saturated carbocycles. The summed E-state index contributed by atoms with van der Waals surface area (Å²) in [5.74, 6) is -1.11. The third kappa shape index (κ3) is 4.04. The molecular weight excluding hydrogens is 436 g/mol. The third-order valence-corrected chi connectivity index (χ3v) is 5.34. The lowest BCUT2D eigenvalue weighted by Crippen LogP contribution is -2.50. The van der Waals surface area contributed by atoms with Crippen molar-refractivity contribution >= 4 is 46.7 Å². The molecule has 4 atom stereocenters. The van der Waals surface area contributed by atoms with Gasteiger partial charge in [-0.15, -0.1) is 0 Å². The first kappa shape index (κ1) is 22.4. The van der Waals surface area contributed by atoms with Crippen molar-refractivity contribution in [2.75, 3.05) is 11.9 Å². The van der Waals surface area contributed by atoms with Gasteiger partial charge in [0.15, 0.2) is 17.9 Å². The van der Waals surface area contributed by atoms with Crippen LogP contribution in [0.25, 0.3) is 10.8 Å². The van der Waals surface area contributed by atoms with Crippen LogP contribution in [0.4, 0.5) is 11.6 Å². The van der Waals surface area contributed by atoms with Crippen molar-refractivity contribution in [3.8, 4) is 0 Å². The number of hydrogen-bond acceptors (Lipinski definition) is 11. The van der Waals surface area contributed by atoms with E-state index in [9.17, 15) is 19.2 Å². The van der Waals surface area contributed by atoms with E-state index in [1.165, 1.54) is 33.2 Å². The molecule has 2 aliphatic rings. The van der Waals surface area contributed by atoms with Gasteiger partial charge in [0.05, 0.1) is 11.7 Å². The Kier molecular flexibility index (Phi) is 5.62. The summed E-state index contributed by atoms with van der Waals surface area (Å²) in [4.78, 5) is 55.6. The monoisotopic (exact) mass is 458 g/mol. The van der Waals surface area contributed by atoms with Gasteiger partial charge in [-0.05, 0) is 13.0 Å². The van der Waals surface area contributed by atoms with Gasteiger partial charge in [-0.3, -0.25) is 19.2 Å². The molecule has 4 heterocycles. The van der Waals surface area contributed by atoms with Crippen molar-refractivity contribution in [2.24, 2.45) is 4.99 Å². The number of anilines is 1. The number of aliphatic imine (C=N–C) groups is 1. The molecule has 0 aromatic carbocycles. The van der Waals surface area contributed by atoms with Gasteiger partial charge in [0.25, 0.3) is 5.56 Å². The lowest BCUT2D eigenvalue weighted by atomic mass is 9.95. The second-order valence-corrected chi connectivity index (χ2v) is 7.86. The Morgan fingerprint density at radius 3 is 2.61 bits per heavy atom. The smallest absolute Gasteiger partial charge is 0.303 e. The summed E-state index contributed by atoms with van der Waals surface area (Å²) in [7, 11) is 0. The molecule has 1 saturated heterocycles. The van der Waals surface area contributed by atoms with Crippen LogP contribution < -0.4 is 10.9 Å². The maximum Gasteiger partial charge on any atom is 0.303 e. The van der Waals surface area contributed by atoms with E-state index in [1.54, 1.807) is 23.8 Å². The molecule has 174 valence electrons. The minimum Gasteiger partial charge on any atom is -0.463 e. The average molecular weight is 458 g/mol. The quantitative estimate of drug-likeness (QED) is 0.512. The standard InChI is InChI=1S/C21H22N4O8/c1-10(26)30-8-14-17(31-11(2)27)21(4,33-12(3)28)20(32-14)25-7-13-5-6-15(29)24-18-16(13)19(25)23-9-22-18/h5-7,9,14,17,20H,8H2,1-4H3,(H,22,23,24,29)/t14-,17-,20-,21-/m1/s1. The fraction of sp³-hybridized carbons (Fsp3) is 0.429. The van der Waals surface area contributed by atoms with Crippen LogP contribution in [0.15, 0.2) is 28.1 Å². The van der Waals surface area contributed by atoms with Crippen LogP contribution in [-0.2, 0) is 33.3 Å². The van der Waals surface area contributed by atoms with Gasteiger partial charge < -0.3 is 28.8 Å². The SMILES string of the molecule is CC(=O)OC[C@H]1O[C@@H](n2cc3ccc(=O)nc4c3c2N=CN4)[C@](C)(OC(C)=O)[C@@H]1OC(C)=O. The number of nitrogens with zero attached hydrogens (tertiary/aromatic N) is 3. The number of esters is 3. The highest BCUT2D eigenvalue weighted by Crippen LogP contribution is 2.47. The van der Waals surface area contributed by atoms with Crippen LogP contribution in [0.5, 0.6) is 0 Å². The van der Waals surface area contributed by atoms with E-state index in [0.717, 1.165) is 0 Å². The van der Waals surface area contributed by atoms with Gasteiger partial charge in [0.1, 0.15) is 24.3 Å². The van der Waals surface area contributed by atoms with Crippen molar-refractivity contribution < 1.29 is 33.3 Å². The summed E-state index contributed by atoms with van der Waals surface area (Å²) < 4.78 is 24.0. The van der Waals surface area contributed by atoms with Crippen LogP contribution in [0.3, 0.4) is 0 Å². The topological polar surface area (TPSA) is 147 Å². The molecule has 1 fully saturated rings. The predicted molar refractivity (Wildman–Crippen MR) is 114 cm³/mol. The van der Waals surface area contributed by atoms with Crippen LogP contribution in [-0.4, -0.2) is 58.2 Å². The molecule has 0 bridgehead atoms. The zero-order valence-electron chi connectivity index (χ0n) is 18.4. The molecule has 0 unspecified atom stereocenters. The second-order valence-electron chi connectivity index (χ2n) is 7.86. The molecule has 0 radical (unpaired) electrons. The molecule has 2 aromatic rings. The van der Waals surface area contributed by atoms with Gasteiger partial charge in [-0.25, -0.2) is 4.99 Å². The van der Waals surface area contributed by atoms with Gasteiger partial charge in [0.2, 0.25) is 0 Å².